The van der Waals surface area contributed by atoms with Crippen molar-refractivity contribution in [3.8, 4) is 0 Å². The van der Waals surface area contributed by atoms with Crippen LogP contribution in [0.4, 0.5) is 10.7 Å². The molecule has 19 heavy (non-hydrogen) atoms. The molecule has 0 fully saturated rings. The van der Waals surface area contributed by atoms with Gasteiger partial charge in [-0.15, -0.1) is 6.58 Å². The fourth-order valence-electron chi connectivity index (χ4n) is 1.39. The van der Waals surface area contributed by atoms with E-state index in [1.54, 1.807) is 6.08 Å². The third-order valence-electron chi connectivity index (χ3n) is 2.44. The highest BCUT2D eigenvalue weighted by atomic mass is 16.2. The number of carbonyl (C=O) groups excluding carboxylic acids is 1. The number of hydrogen-bond donors (Lipinski definition) is 2. The maximum atomic E-state index is 11.6. The van der Waals surface area contributed by atoms with Gasteiger partial charge in [-0.3, -0.25) is 0 Å². The van der Waals surface area contributed by atoms with Crippen LogP contribution in [0.2, 0.25) is 0 Å². The number of amides is 2. The van der Waals surface area contributed by atoms with E-state index in [4.69, 9.17) is 0 Å². The Bertz CT molecular complexity index is 458. The van der Waals surface area contributed by atoms with Crippen molar-refractivity contribution < 1.29 is 4.79 Å². The van der Waals surface area contributed by atoms with Crippen molar-refractivity contribution in [3.63, 3.8) is 0 Å². The van der Waals surface area contributed by atoms with E-state index >= 15 is 0 Å². The van der Waals surface area contributed by atoms with Gasteiger partial charge in [0, 0.05) is 25.8 Å². The highest BCUT2D eigenvalue weighted by molar-refractivity contribution is 5.74. The summed E-state index contributed by atoms with van der Waals surface area (Å²) in [4.78, 5) is 22.0. The lowest BCUT2D eigenvalue weighted by atomic mass is 10.3. The van der Waals surface area contributed by atoms with E-state index in [1.807, 2.05) is 38.9 Å². The molecule has 0 bridgehead atoms. The van der Waals surface area contributed by atoms with Crippen molar-refractivity contribution in [2.24, 2.45) is 0 Å². The van der Waals surface area contributed by atoms with Crippen molar-refractivity contribution in [1.29, 1.82) is 0 Å². The zero-order chi connectivity index (χ0) is 14.4. The van der Waals surface area contributed by atoms with Gasteiger partial charge in [0.2, 0.25) is 5.95 Å². The lowest BCUT2D eigenvalue weighted by molar-refractivity contribution is 0.239. The maximum absolute atomic E-state index is 11.6. The van der Waals surface area contributed by atoms with Crippen LogP contribution in [-0.2, 0) is 6.54 Å². The van der Waals surface area contributed by atoms with Crippen LogP contribution in [0.3, 0.4) is 0 Å². The van der Waals surface area contributed by atoms with Gasteiger partial charge in [0.1, 0.15) is 0 Å². The van der Waals surface area contributed by atoms with Crippen LogP contribution in [0, 0.1) is 6.92 Å². The Labute approximate surface area is 113 Å². The molecule has 0 spiro atoms. The van der Waals surface area contributed by atoms with E-state index in [2.05, 4.69) is 27.2 Å². The number of rotatable bonds is 5. The minimum absolute atomic E-state index is 0.0653. The Morgan fingerprint density at radius 1 is 1.53 bits per heavy atom. The van der Waals surface area contributed by atoms with E-state index in [1.165, 1.54) is 0 Å². The van der Waals surface area contributed by atoms with Gasteiger partial charge in [0.15, 0.2) is 0 Å². The quantitative estimate of drug-likeness (QED) is 0.784. The first kappa shape index (κ1) is 14.9. The Kier molecular flexibility index (Phi) is 5.29. The van der Waals surface area contributed by atoms with Crippen molar-refractivity contribution >= 4 is 12.0 Å². The molecule has 0 aliphatic rings. The molecule has 1 atom stereocenters. The third-order valence-corrected chi connectivity index (χ3v) is 2.44. The number of nitrogens with zero attached hydrogens (tertiary/aromatic N) is 3. The molecule has 1 heterocycles. The minimum Gasteiger partial charge on any atom is -0.347 e. The summed E-state index contributed by atoms with van der Waals surface area (Å²) in [5.41, 5.74) is 1.65. The van der Waals surface area contributed by atoms with E-state index in [9.17, 15) is 4.79 Å². The molecule has 0 saturated carbocycles. The van der Waals surface area contributed by atoms with Crippen molar-refractivity contribution in [2.75, 3.05) is 19.0 Å². The number of aryl methyl sites for hydroxylation is 1. The molecule has 1 aromatic rings. The fourth-order valence-corrected chi connectivity index (χ4v) is 1.39. The lowest BCUT2D eigenvalue weighted by Gasteiger charge is -2.13. The van der Waals surface area contributed by atoms with Crippen molar-refractivity contribution in [2.45, 2.75) is 26.4 Å². The molecule has 0 radical (unpaired) electrons. The molecule has 0 saturated heterocycles. The molecule has 2 N–H and O–H groups in total. The third kappa shape index (κ3) is 4.95. The Hall–Kier alpha value is -2.11. The summed E-state index contributed by atoms with van der Waals surface area (Å²) in [6.07, 6.45) is 1.67. The topological polar surface area (TPSA) is 70.2 Å². The van der Waals surface area contributed by atoms with Gasteiger partial charge in [0.05, 0.1) is 12.2 Å². The highest BCUT2D eigenvalue weighted by Gasteiger charge is 2.07. The number of carbonyl (C=O) groups is 1. The largest absolute Gasteiger partial charge is 0.347 e. The van der Waals surface area contributed by atoms with E-state index < -0.39 is 0 Å². The van der Waals surface area contributed by atoms with Crippen LogP contribution in [0.15, 0.2) is 18.7 Å². The second kappa shape index (κ2) is 6.72. The van der Waals surface area contributed by atoms with Crippen molar-refractivity contribution in [1.82, 2.24) is 20.6 Å². The van der Waals surface area contributed by atoms with Crippen LogP contribution < -0.4 is 15.5 Å². The first-order valence-electron chi connectivity index (χ1n) is 6.11. The summed E-state index contributed by atoms with van der Waals surface area (Å²) in [6, 6.07) is 1.55. The second-order valence-corrected chi connectivity index (χ2v) is 4.55. The summed E-state index contributed by atoms with van der Waals surface area (Å²) in [5, 5.41) is 5.48. The molecular weight excluding hydrogens is 242 g/mol. The Balaban J connectivity index is 2.62. The van der Waals surface area contributed by atoms with Gasteiger partial charge in [-0.2, -0.15) is 0 Å². The van der Waals surface area contributed by atoms with Gasteiger partial charge >= 0.3 is 6.03 Å². The first-order chi connectivity index (χ1) is 8.92. The standard InChI is InChI=1S/C13H21N5O/c1-6-9(2)16-13(19)14-8-11-7-10(3)15-12(17-11)18(4)5/h6-7,9H,1,8H2,2-5H3,(H2,14,16,19)/t9-/m1/s1. The molecule has 6 nitrogen and oxygen atoms in total. The average Bonchev–Trinajstić information content (AvgIpc) is 2.35. The van der Waals surface area contributed by atoms with Crippen LogP contribution in [-0.4, -0.2) is 36.1 Å². The Morgan fingerprint density at radius 2 is 2.21 bits per heavy atom. The van der Waals surface area contributed by atoms with Crippen LogP contribution in [0.5, 0.6) is 0 Å². The van der Waals surface area contributed by atoms with Crippen molar-refractivity contribution in [3.05, 3.63) is 30.1 Å². The molecule has 1 aromatic heterocycles. The van der Waals surface area contributed by atoms with E-state index in [0.29, 0.717) is 12.5 Å². The predicted octanol–water partition coefficient (Wildman–Crippen LogP) is 1.22. The van der Waals surface area contributed by atoms with Crippen LogP contribution >= 0.6 is 0 Å². The first-order valence-corrected chi connectivity index (χ1v) is 6.11. The van der Waals surface area contributed by atoms with Gasteiger partial charge in [0.25, 0.3) is 0 Å². The number of urea groups is 1. The minimum atomic E-state index is -0.241. The average molecular weight is 263 g/mol. The fraction of sp³-hybridized carbons (Fsp3) is 0.462. The number of hydrogen-bond acceptors (Lipinski definition) is 4. The summed E-state index contributed by atoms with van der Waals surface area (Å²) < 4.78 is 0. The number of nitrogens with one attached hydrogen (secondary N) is 2. The monoisotopic (exact) mass is 263 g/mol. The summed E-state index contributed by atoms with van der Waals surface area (Å²) >= 11 is 0. The smallest absolute Gasteiger partial charge is 0.315 e. The predicted molar refractivity (Wildman–Crippen MR) is 76.1 cm³/mol. The summed E-state index contributed by atoms with van der Waals surface area (Å²) in [5.74, 6) is 0.636. The molecule has 0 unspecified atom stereocenters. The van der Waals surface area contributed by atoms with Crippen LogP contribution in [0.25, 0.3) is 0 Å². The SMILES string of the molecule is C=C[C@@H](C)NC(=O)NCc1cc(C)nc(N(C)C)n1. The summed E-state index contributed by atoms with van der Waals surface area (Å²) in [6.45, 7) is 7.72. The van der Waals surface area contributed by atoms with Gasteiger partial charge < -0.3 is 15.5 Å². The van der Waals surface area contributed by atoms with Gasteiger partial charge in [-0.25, -0.2) is 14.8 Å². The molecule has 0 aromatic carbocycles. The molecule has 0 aliphatic carbocycles. The normalized spacial score (nSPS) is 11.6. The van der Waals surface area contributed by atoms with E-state index in [0.717, 1.165) is 11.4 Å². The zero-order valence-corrected chi connectivity index (χ0v) is 11.9. The molecule has 0 aliphatic heterocycles. The van der Waals surface area contributed by atoms with E-state index in [-0.39, 0.29) is 12.1 Å². The highest BCUT2D eigenvalue weighted by Crippen LogP contribution is 2.07. The Morgan fingerprint density at radius 3 is 2.79 bits per heavy atom. The molecule has 1 rings (SSSR count). The molecule has 2 amide bonds. The van der Waals surface area contributed by atoms with Gasteiger partial charge in [-0.1, -0.05) is 6.08 Å². The van der Waals surface area contributed by atoms with Gasteiger partial charge in [-0.05, 0) is 19.9 Å². The number of anilines is 1. The maximum Gasteiger partial charge on any atom is 0.315 e. The zero-order valence-electron chi connectivity index (χ0n) is 11.9. The summed E-state index contributed by atoms with van der Waals surface area (Å²) in [7, 11) is 3.76. The molecule has 6 heteroatoms. The number of aromatic nitrogens is 2. The lowest BCUT2D eigenvalue weighted by Crippen LogP contribution is -2.39. The molecular formula is C13H21N5O. The second-order valence-electron chi connectivity index (χ2n) is 4.55. The van der Waals surface area contributed by atoms with Crippen LogP contribution in [0.1, 0.15) is 18.3 Å². The molecule has 104 valence electrons.